The summed E-state index contributed by atoms with van der Waals surface area (Å²) in [7, 11) is 0. The minimum atomic E-state index is 0.328. The maximum Gasteiger partial charge on any atom is 0.162 e. The van der Waals surface area contributed by atoms with Crippen LogP contribution in [0.3, 0.4) is 0 Å². The fraction of sp³-hybridized carbons (Fsp3) is 0.207. The number of benzene rings is 3. The van der Waals surface area contributed by atoms with E-state index in [-0.39, 0.29) is 0 Å². The number of fused-ring (bicyclic) bond motifs is 1. The molecule has 1 aliphatic rings. The van der Waals surface area contributed by atoms with E-state index in [2.05, 4.69) is 62.0 Å². The summed E-state index contributed by atoms with van der Waals surface area (Å²) in [5.41, 5.74) is 4.22. The number of piperidine rings is 1. The lowest BCUT2D eigenvalue weighted by molar-refractivity contribution is 0.175. The van der Waals surface area contributed by atoms with Gasteiger partial charge in [-0.15, -0.1) is 0 Å². The molecule has 6 nitrogen and oxygen atoms in total. The molecule has 3 aromatic carbocycles. The van der Waals surface area contributed by atoms with Crippen LogP contribution >= 0.6 is 0 Å². The van der Waals surface area contributed by atoms with Crippen molar-refractivity contribution in [2.45, 2.75) is 25.4 Å². The van der Waals surface area contributed by atoms with Crippen LogP contribution in [0.15, 0.2) is 97.5 Å². The number of hydrogen-bond donors (Lipinski definition) is 0. The highest BCUT2D eigenvalue weighted by atomic mass is 16.5. The van der Waals surface area contributed by atoms with Crippen LogP contribution in [0.4, 0.5) is 0 Å². The van der Waals surface area contributed by atoms with E-state index in [0.717, 1.165) is 66.3 Å². The minimum absolute atomic E-state index is 0.328. The first-order valence-electron chi connectivity index (χ1n) is 12.1. The number of hydrogen-bond acceptors (Lipinski definition) is 5. The summed E-state index contributed by atoms with van der Waals surface area (Å²) in [6, 6.07) is 28.9. The van der Waals surface area contributed by atoms with Gasteiger partial charge >= 0.3 is 0 Å². The van der Waals surface area contributed by atoms with Gasteiger partial charge in [0.25, 0.3) is 0 Å². The molecule has 0 amide bonds. The third-order valence-corrected chi connectivity index (χ3v) is 6.63. The molecule has 0 bridgehead atoms. The zero-order valence-corrected chi connectivity index (χ0v) is 19.5. The summed E-state index contributed by atoms with van der Waals surface area (Å²) in [4.78, 5) is 11.4. The molecule has 6 heteroatoms. The Kier molecular flexibility index (Phi) is 5.95. The second-order valence-electron chi connectivity index (χ2n) is 8.99. The van der Waals surface area contributed by atoms with Crippen molar-refractivity contribution in [1.29, 1.82) is 0 Å². The van der Waals surface area contributed by atoms with Crippen LogP contribution < -0.4 is 4.74 Å². The maximum absolute atomic E-state index is 5.95. The molecular weight excluding hydrogens is 434 g/mol. The average Bonchev–Trinajstić information content (AvgIpc) is 3.31. The Morgan fingerprint density at radius 2 is 1.49 bits per heavy atom. The van der Waals surface area contributed by atoms with Gasteiger partial charge in [-0.3, -0.25) is 4.90 Å². The van der Waals surface area contributed by atoms with E-state index in [1.807, 2.05) is 48.7 Å². The van der Waals surface area contributed by atoms with Crippen molar-refractivity contribution >= 4 is 11.0 Å². The SMILES string of the molecule is c1ccc(CN2CCC(n3nc(-c4ccc(Oc5ccccc5)cc4)c4cncnc43)CC2)cc1. The summed E-state index contributed by atoms with van der Waals surface area (Å²) in [6.07, 6.45) is 5.60. The van der Waals surface area contributed by atoms with Crippen molar-refractivity contribution in [3.05, 3.63) is 103 Å². The van der Waals surface area contributed by atoms with E-state index in [1.165, 1.54) is 5.56 Å². The van der Waals surface area contributed by atoms with Crippen molar-refractivity contribution in [2.75, 3.05) is 13.1 Å². The summed E-state index contributed by atoms with van der Waals surface area (Å²) in [6.45, 7) is 3.10. The summed E-state index contributed by atoms with van der Waals surface area (Å²) in [5.74, 6) is 1.62. The fourth-order valence-electron chi connectivity index (χ4n) is 4.82. The molecule has 0 atom stereocenters. The first-order valence-corrected chi connectivity index (χ1v) is 12.1. The largest absolute Gasteiger partial charge is 0.457 e. The second kappa shape index (κ2) is 9.68. The van der Waals surface area contributed by atoms with Crippen LogP contribution in [-0.2, 0) is 6.54 Å². The number of ether oxygens (including phenoxy) is 1. The average molecular weight is 462 g/mol. The van der Waals surface area contributed by atoms with E-state index in [4.69, 9.17) is 9.84 Å². The van der Waals surface area contributed by atoms with Crippen LogP contribution in [0.1, 0.15) is 24.4 Å². The van der Waals surface area contributed by atoms with Gasteiger partial charge in [-0.25, -0.2) is 14.6 Å². The van der Waals surface area contributed by atoms with Gasteiger partial charge in [0.15, 0.2) is 5.65 Å². The molecule has 0 unspecified atom stereocenters. The Balaban J connectivity index is 1.21. The van der Waals surface area contributed by atoms with E-state index in [0.29, 0.717) is 6.04 Å². The number of aromatic nitrogens is 4. The van der Waals surface area contributed by atoms with Crippen LogP contribution in [0, 0.1) is 0 Å². The van der Waals surface area contributed by atoms with Crippen molar-refractivity contribution in [2.24, 2.45) is 0 Å². The number of likely N-dealkylation sites (tertiary alicyclic amines) is 1. The van der Waals surface area contributed by atoms with Crippen LogP contribution in [0.25, 0.3) is 22.3 Å². The second-order valence-corrected chi connectivity index (χ2v) is 8.99. The van der Waals surface area contributed by atoms with Gasteiger partial charge in [0.1, 0.15) is 23.5 Å². The Hall–Kier alpha value is -4.03. The maximum atomic E-state index is 5.95. The Morgan fingerprint density at radius 3 is 2.23 bits per heavy atom. The molecule has 0 radical (unpaired) electrons. The van der Waals surface area contributed by atoms with Crippen molar-refractivity contribution in [1.82, 2.24) is 24.6 Å². The van der Waals surface area contributed by atoms with E-state index in [9.17, 15) is 0 Å². The lowest BCUT2D eigenvalue weighted by atomic mass is 10.0. The lowest BCUT2D eigenvalue weighted by Gasteiger charge is -2.32. The van der Waals surface area contributed by atoms with Gasteiger partial charge in [-0.1, -0.05) is 48.5 Å². The Morgan fingerprint density at radius 1 is 0.800 bits per heavy atom. The normalized spacial score (nSPS) is 14.9. The quantitative estimate of drug-likeness (QED) is 0.305. The number of rotatable bonds is 6. The lowest BCUT2D eigenvalue weighted by Crippen LogP contribution is -2.34. The zero-order valence-electron chi connectivity index (χ0n) is 19.5. The molecule has 0 aliphatic carbocycles. The van der Waals surface area contributed by atoms with Crippen molar-refractivity contribution < 1.29 is 4.74 Å². The molecule has 35 heavy (non-hydrogen) atoms. The smallest absolute Gasteiger partial charge is 0.162 e. The van der Waals surface area contributed by atoms with E-state index >= 15 is 0 Å². The molecule has 5 aromatic rings. The first-order chi connectivity index (χ1) is 17.3. The predicted molar refractivity (Wildman–Crippen MR) is 137 cm³/mol. The molecule has 6 rings (SSSR count). The Labute approximate surface area is 204 Å². The number of nitrogens with zero attached hydrogens (tertiary/aromatic N) is 5. The molecule has 3 heterocycles. The molecule has 0 N–H and O–H groups in total. The molecule has 0 spiro atoms. The molecule has 0 saturated carbocycles. The highest BCUT2D eigenvalue weighted by Gasteiger charge is 2.25. The standard InChI is InChI=1S/C29H27N5O/c1-3-7-22(8-4-1)20-33-17-15-24(16-18-33)34-29-27(19-30-21-31-29)28(32-34)23-11-13-26(14-12-23)35-25-9-5-2-6-10-25/h1-14,19,21,24H,15-18,20H2. The molecule has 1 saturated heterocycles. The summed E-state index contributed by atoms with van der Waals surface area (Å²) < 4.78 is 8.08. The molecule has 2 aromatic heterocycles. The molecular formula is C29H27N5O. The van der Waals surface area contributed by atoms with E-state index in [1.54, 1.807) is 6.33 Å². The molecule has 1 fully saturated rings. The highest BCUT2D eigenvalue weighted by molar-refractivity contribution is 5.90. The van der Waals surface area contributed by atoms with Crippen LogP contribution in [0.5, 0.6) is 11.5 Å². The minimum Gasteiger partial charge on any atom is -0.457 e. The van der Waals surface area contributed by atoms with Crippen molar-refractivity contribution in [3.63, 3.8) is 0 Å². The molecule has 174 valence electrons. The topological polar surface area (TPSA) is 56.1 Å². The monoisotopic (exact) mass is 461 g/mol. The molecule has 1 aliphatic heterocycles. The third-order valence-electron chi connectivity index (χ3n) is 6.63. The summed E-state index contributed by atoms with van der Waals surface area (Å²) >= 11 is 0. The van der Waals surface area contributed by atoms with Gasteiger partial charge in [0.2, 0.25) is 0 Å². The first kappa shape index (κ1) is 21.5. The third kappa shape index (κ3) is 4.66. The van der Waals surface area contributed by atoms with Gasteiger partial charge < -0.3 is 4.74 Å². The van der Waals surface area contributed by atoms with E-state index < -0.39 is 0 Å². The van der Waals surface area contributed by atoms with Crippen molar-refractivity contribution in [3.8, 4) is 22.8 Å². The van der Waals surface area contributed by atoms with Crippen LogP contribution in [0.2, 0.25) is 0 Å². The highest BCUT2D eigenvalue weighted by Crippen LogP contribution is 2.33. The summed E-state index contributed by atoms with van der Waals surface area (Å²) in [5, 5.41) is 6.04. The predicted octanol–water partition coefficient (Wildman–Crippen LogP) is 6.12. The number of para-hydroxylation sites is 1. The van der Waals surface area contributed by atoms with Crippen LogP contribution in [-0.4, -0.2) is 37.7 Å². The van der Waals surface area contributed by atoms with Gasteiger partial charge in [0, 0.05) is 31.4 Å². The Bertz CT molecular complexity index is 1390. The van der Waals surface area contributed by atoms with Gasteiger partial charge in [0.05, 0.1) is 11.4 Å². The van der Waals surface area contributed by atoms with Gasteiger partial charge in [-0.2, -0.15) is 5.10 Å². The zero-order chi connectivity index (χ0) is 23.5. The van der Waals surface area contributed by atoms with Gasteiger partial charge in [-0.05, 0) is 54.8 Å². The fourth-order valence-corrected chi connectivity index (χ4v) is 4.82.